The minimum Gasteiger partial charge on any atom is -0.466 e. The molecule has 1 aromatic rings. The van der Waals surface area contributed by atoms with Gasteiger partial charge in [0.05, 0.1) is 13.0 Å². The van der Waals surface area contributed by atoms with E-state index in [-0.39, 0.29) is 36.6 Å². The molecule has 0 unspecified atom stereocenters. The molecule has 2 N–H and O–H groups in total. The van der Waals surface area contributed by atoms with Gasteiger partial charge < -0.3 is 20.3 Å². The standard InChI is InChI=1S/C17H22FN3O4/c1-2-25-16(23)7-8-19-17(24)20-10-12-9-15(22)21(11-12)14-5-3-13(18)4-6-14/h3-6,12H,2,7-11H2,1H3,(H2,19,20,24)/t12-/m0/s1. The fourth-order valence-electron chi connectivity index (χ4n) is 2.60. The van der Waals surface area contributed by atoms with Crippen molar-refractivity contribution in [2.24, 2.45) is 5.92 Å². The number of anilines is 1. The third-order valence-corrected chi connectivity index (χ3v) is 3.81. The lowest BCUT2D eigenvalue weighted by atomic mass is 10.1. The quantitative estimate of drug-likeness (QED) is 0.728. The Morgan fingerprint density at radius 2 is 2.00 bits per heavy atom. The van der Waals surface area contributed by atoms with Gasteiger partial charge in [0.2, 0.25) is 5.91 Å². The van der Waals surface area contributed by atoms with Crippen molar-refractivity contribution in [2.75, 3.05) is 31.1 Å². The highest BCUT2D eigenvalue weighted by atomic mass is 19.1. The van der Waals surface area contributed by atoms with Crippen LogP contribution in [0.4, 0.5) is 14.9 Å². The Morgan fingerprint density at radius 1 is 1.28 bits per heavy atom. The summed E-state index contributed by atoms with van der Waals surface area (Å²) in [5.41, 5.74) is 0.646. The van der Waals surface area contributed by atoms with E-state index < -0.39 is 6.03 Å². The SMILES string of the molecule is CCOC(=O)CCNC(=O)NC[C@@H]1CC(=O)N(c2ccc(F)cc2)C1. The van der Waals surface area contributed by atoms with E-state index in [9.17, 15) is 18.8 Å². The molecular formula is C17H22FN3O4. The summed E-state index contributed by atoms with van der Waals surface area (Å²) in [6.45, 7) is 3.03. The van der Waals surface area contributed by atoms with Crippen molar-refractivity contribution in [3.63, 3.8) is 0 Å². The molecule has 1 aliphatic rings. The Hall–Kier alpha value is -2.64. The maximum absolute atomic E-state index is 13.0. The molecule has 1 saturated heterocycles. The van der Waals surface area contributed by atoms with Gasteiger partial charge in [0.15, 0.2) is 0 Å². The van der Waals surface area contributed by atoms with Crippen molar-refractivity contribution in [1.29, 1.82) is 0 Å². The van der Waals surface area contributed by atoms with Gasteiger partial charge in [-0.2, -0.15) is 0 Å². The van der Waals surface area contributed by atoms with E-state index >= 15 is 0 Å². The van der Waals surface area contributed by atoms with Crippen LogP contribution in [0.15, 0.2) is 24.3 Å². The van der Waals surface area contributed by atoms with Crippen LogP contribution in [-0.4, -0.2) is 44.1 Å². The van der Waals surface area contributed by atoms with Gasteiger partial charge >= 0.3 is 12.0 Å². The fourth-order valence-corrected chi connectivity index (χ4v) is 2.60. The van der Waals surface area contributed by atoms with Crippen LogP contribution in [0.25, 0.3) is 0 Å². The zero-order valence-corrected chi connectivity index (χ0v) is 14.1. The second kappa shape index (κ2) is 9.00. The molecule has 3 amide bonds. The van der Waals surface area contributed by atoms with Gasteiger partial charge in [-0.15, -0.1) is 0 Å². The predicted octanol–water partition coefficient (Wildman–Crippen LogP) is 1.43. The second-order valence-electron chi connectivity index (χ2n) is 5.74. The average Bonchev–Trinajstić information content (AvgIpc) is 2.95. The van der Waals surface area contributed by atoms with Gasteiger partial charge in [0, 0.05) is 37.7 Å². The van der Waals surface area contributed by atoms with Crippen molar-refractivity contribution >= 4 is 23.6 Å². The van der Waals surface area contributed by atoms with Crippen molar-refractivity contribution in [3.8, 4) is 0 Å². The fraction of sp³-hybridized carbons (Fsp3) is 0.471. The smallest absolute Gasteiger partial charge is 0.314 e. The Labute approximate surface area is 145 Å². The first kappa shape index (κ1) is 18.7. The van der Waals surface area contributed by atoms with Gasteiger partial charge in [-0.3, -0.25) is 9.59 Å². The van der Waals surface area contributed by atoms with Crippen LogP contribution in [0.3, 0.4) is 0 Å². The van der Waals surface area contributed by atoms with E-state index in [1.54, 1.807) is 24.0 Å². The summed E-state index contributed by atoms with van der Waals surface area (Å²) in [7, 11) is 0. The van der Waals surface area contributed by atoms with Crippen LogP contribution < -0.4 is 15.5 Å². The van der Waals surface area contributed by atoms with Gasteiger partial charge in [-0.05, 0) is 31.2 Å². The van der Waals surface area contributed by atoms with E-state index in [2.05, 4.69) is 10.6 Å². The van der Waals surface area contributed by atoms with E-state index in [1.807, 2.05) is 0 Å². The summed E-state index contributed by atoms with van der Waals surface area (Å²) in [5.74, 6) is -0.790. The summed E-state index contributed by atoms with van der Waals surface area (Å²) >= 11 is 0. The van der Waals surface area contributed by atoms with Crippen LogP contribution in [0, 0.1) is 11.7 Å². The molecule has 0 aliphatic carbocycles. The number of rotatable bonds is 7. The lowest BCUT2D eigenvalue weighted by molar-refractivity contribution is -0.142. The maximum atomic E-state index is 13.0. The first-order chi connectivity index (χ1) is 12.0. The first-order valence-corrected chi connectivity index (χ1v) is 8.23. The van der Waals surface area contributed by atoms with E-state index in [1.165, 1.54) is 12.1 Å². The van der Waals surface area contributed by atoms with Gasteiger partial charge in [0.1, 0.15) is 5.82 Å². The minimum absolute atomic E-state index is 0.0200. The molecule has 0 aromatic heterocycles. The number of urea groups is 1. The number of nitrogens with one attached hydrogen (secondary N) is 2. The Morgan fingerprint density at radius 3 is 2.68 bits per heavy atom. The molecular weight excluding hydrogens is 329 g/mol. The molecule has 0 saturated carbocycles. The molecule has 0 bridgehead atoms. The lowest BCUT2D eigenvalue weighted by Gasteiger charge is -2.17. The molecule has 1 atom stereocenters. The van der Waals surface area contributed by atoms with Crippen LogP contribution >= 0.6 is 0 Å². The highest BCUT2D eigenvalue weighted by Crippen LogP contribution is 2.24. The molecule has 1 aliphatic heterocycles. The molecule has 1 aromatic carbocycles. The highest BCUT2D eigenvalue weighted by Gasteiger charge is 2.30. The zero-order valence-electron chi connectivity index (χ0n) is 14.1. The molecule has 25 heavy (non-hydrogen) atoms. The van der Waals surface area contributed by atoms with E-state index in [0.29, 0.717) is 31.8 Å². The monoisotopic (exact) mass is 351 g/mol. The number of hydrogen-bond acceptors (Lipinski definition) is 4. The number of ether oxygens (including phenoxy) is 1. The predicted molar refractivity (Wildman–Crippen MR) is 89.5 cm³/mol. The number of carbonyl (C=O) groups excluding carboxylic acids is 3. The lowest BCUT2D eigenvalue weighted by Crippen LogP contribution is -2.39. The summed E-state index contributed by atoms with van der Waals surface area (Å²) in [6.07, 6.45) is 0.433. The Balaban J connectivity index is 1.71. The number of carbonyl (C=O) groups is 3. The third kappa shape index (κ3) is 5.74. The zero-order chi connectivity index (χ0) is 18.2. The largest absolute Gasteiger partial charge is 0.466 e. The number of esters is 1. The van der Waals surface area contributed by atoms with E-state index in [4.69, 9.17) is 4.74 Å². The highest BCUT2D eigenvalue weighted by molar-refractivity contribution is 5.95. The van der Waals surface area contributed by atoms with Crippen LogP contribution in [0.5, 0.6) is 0 Å². The molecule has 1 heterocycles. The molecule has 0 spiro atoms. The van der Waals surface area contributed by atoms with Crippen molar-refractivity contribution in [2.45, 2.75) is 19.8 Å². The van der Waals surface area contributed by atoms with Crippen molar-refractivity contribution < 1.29 is 23.5 Å². The summed E-state index contributed by atoms with van der Waals surface area (Å²) < 4.78 is 17.7. The van der Waals surface area contributed by atoms with Crippen LogP contribution in [-0.2, 0) is 14.3 Å². The molecule has 8 heteroatoms. The van der Waals surface area contributed by atoms with Crippen molar-refractivity contribution in [3.05, 3.63) is 30.1 Å². The number of halogens is 1. The topological polar surface area (TPSA) is 87.7 Å². The maximum Gasteiger partial charge on any atom is 0.314 e. The summed E-state index contributed by atoms with van der Waals surface area (Å²) in [6, 6.07) is 5.35. The van der Waals surface area contributed by atoms with Gasteiger partial charge in [-0.25, -0.2) is 9.18 Å². The van der Waals surface area contributed by atoms with Crippen LogP contribution in [0.2, 0.25) is 0 Å². The number of hydrogen-bond donors (Lipinski definition) is 2. The Kier molecular flexibility index (Phi) is 6.73. The summed E-state index contributed by atoms with van der Waals surface area (Å²) in [4.78, 5) is 36.5. The van der Waals surface area contributed by atoms with E-state index in [0.717, 1.165) is 0 Å². The minimum atomic E-state index is -0.392. The number of benzene rings is 1. The average molecular weight is 351 g/mol. The van der Waals surface area contributed by atoms with Crippen LogP contribution in [0.1, 0.15) is 19.8 Å². The summed E-state index contributed by atoms with van der Waals surface area (Å²) in [5, 5.41) is 5.26. The Bertz CT molecular complexity index is 621. The van der Waals surface area contributed by atoms with Gasteiger partial charge in [0.25, 0.3) is 0 Å². The number of amides is 3. The molecule has 1 fully saturated rings. The normalized spacial score (nSPS) is 16.6. The molecule has 0 radical (unpaired) electrons. The molecule has 136 valence electrons. The van der Waals surface area contributed by atoms with Gasteiger partial charge in [-0.1, -0.05) is 0 Å². The second-order valence-corrected chi connectivity index (χ2v) is 5.74. The third-order valence-electron chi connectivity index (χ3n) is 3.81. The van der Waals surface area contributed by atoms with Crippen molar-refractivity contribution in [1.82, 2.24) is 10.6 Å². The molecule has 7 nitrogen and oxygen atoms in total. The first-order valence-electron chi connectivity index (χ1n) is 8.23. The molecule has 2 rings (SSSR count). The number of nitrogens with zero attached hydrogens (tertiary/aromatic N) is 1.